The number of hydrogen-bond acceptors (Lipinski definition) is 8. The molecule has 1 aliphatic heterocycles. The third-order valence-corrected chi connectivity index (χ3v) is 9.13. The minimum atomic E-state index is -5.08. The molecule has 276 valence electrons. The van der Waals surface area contributed by atoms with Gasteiger partial charge in [0.2, 0.25) is 0 Å². The van der Waals surface area contributed by atoms with Crippen molar-refractivity contribution >= 4 is 11.8 Å². The summed E-state index contributed by atoms with van der Waals surface area (Å²) >= 11 is 0. The molecule has 11 heteroatoms. The first-order chi connectivity index (χ1) is 25.4. The van der Waals surface area contributed by atoms with Crippen LogP contribution in [0.5, 0.6) is 0 Å². The van der Waals surface area contributed by atoms with E-state index in [0.29, 0.717) is 25.9 Å². The number of aliphatic hydroxyl groups excluding tert-OH is 1. The van der Waals surface area contributed by atoms with E-state index in [1.165, 1.54) is 36.4 Å². The normalized spacial score (nSPS) is 19.4. The maximum atomic E-state index is 15.2. The first kappa shape index (κ1) is 40.4. The molecule has 0 radical (unpaired) electrons. The number of hydrogen-bond donors (Lipinski definition) is 1. The van der Waals surface area contributed by atoms with E-state index in [0.717, 1.165) is 41.1 Å². The molecule has 4 rings (SSSR count). The van der Waals surface area contributed by atoms with Gasteiger partial charge in [0, 0.05) is 43.6 Å². The highest BCUT2D eigenvalue weighted by Gasteiger charge is 2.65. The molecule has 0 spiro atoms. The van der Waals surface area contributed by atoms with Crippen LogP contribution in [0.25, 0.3) is 6.08 Å². The molecule has 1 atom stereocenters. The topological polar surface area (TPSA) is 123 Å². The summed E-state index contributed by atoms with van der Waals surface area (Å²) in [6.07, 6.45) is 4.90. The van der Waals surface area contributed by atoms with E-state index in [2.05, 4.69) is 25.7 Å². The summed E-state index contributed by atoms with van der Waals surface area (Å²) in [6, 6.07) is 19.9. The largest absolute Gasteiger partial charge is 0.465 e. The van der Waals surface area contributed by atoms with E-state index in [9.17, 15) is 20.9 Å². The summed E-state index contributed by atoms with van der Waals surface area (Å²) in [6.45, 7) is 8.46. The molecule has 1 heterocycles. The predicted octanol–water partition coefficient (Wildman–Crippen LogP) is 8.74. The lowest BCUT2D eigenvalue weighted by Gasteiger charge is -2.34. The maximum Gasteiger partial charge on any atom is 0.437 e. The highest BCUT2D eigenvalue weighted by Crippen LogP contribution is 2.56. The molecule has 0 fully saturated rings. The monoisotopic (exact) mass is 724 g/mol. The molecule has 8 nitrogen and oxygen atoms in total. The minimum Gasteiger partial charge on any atom is -0.465 e. The van der Waals surface area contributed by atoms with Crippen LogP contribution in [-0.4, -0.2) is 51.5 Å². The van der Waals surface area contributed by atoms with Crippen molar-refractivity contribution in [2.24, 2.45) is 5.41 Å². The Labute approximate surface area is 309 Å². The summed E-state index contributed by atoms with van der Waals surface area (Å²) in [5, 5.41) is 39.3. The molecule has 1 unspecified atom stereocenters. The fourth-order valence-corrected chi connectivity index (χ4v) is 6.74. The summed E-state index contributed by atoms with van der Waals surface area (Å²) in [7, 11) is 1.59. The molecule has 2 aliphatic rings. The molecule has 2 aromatic carbocycles. The zero-order chi connectivity index (χ0) is 38.6. The molecule has 1 aliphatic carbocycles. The Morgan fingerprint density at radius 3 is 2.28 bits per heavy atom. The van der Waals surface area contributed by atoms with Crippen molar-refractivity contribution in [3.63, 3.8) is 0 Å². The van der Waals surface area contributed by atoms with Crippen LogP contribution in [-0.2, 0) is 19.8 Å². The smallest absolute Gasteiger partial charge is 0.437 e. The van der Waals surface area contributed by atoms with Crippen LogP contribution in [0.15, 0.2) is 118 Å². The molecule has 0 bridgehead atoms. The first-order valence-electron chi connectivity index (χ1n) is 17.2. The summed E-state index contributed by atoms with van der Waals surface area (Å²) < 4.78 is 61.6. The third-order valence-electron chi connectivity index (χ3n) is 9.13. The van der Waals surface area contributed by atoms with E-state index in [1.54, 1.807) is 37.5 Å². The quantitative estimate of drug-likeness (QED) is 0.117. The highest BCUT2D eigenvalue weighted by atomic mass is 19.4. The fourth-order valence-electron chi connectivity index (χ4n) is 6.74. The Hall–Kier alpha value is -5.38. The number of halogens is 3. The Morgan fingerprint density at radius 1 is 1.00 bits per heavy atom. The molecule has 0 saturated carbocycles. The maximum absolute atomic E-state index is 15.2. The summed E-state index contributed by atoms with van der Waals surface area (Å²) in [4.78, 5) is 2.20. The van der Waals surface area contributed by atoms with Crippen LogP contribution in [0.4, 0.5) is 18.9 Å². The second-order valence-electron chi connectivity index (χ2n) is 13.3. The molecule has 1 N–H and O–H groups in total. The number of likely N-dealkylation sites (N-methyl/N-ethyl adjacent to an activating group) is 1. The lowest BCUT2D eigenvalue weighted by molar-refractivity contribution is -0.249. The molecular weight excluding hydrogens is 681 g/mol. The van der Waals surface area contributed by atoms with Gasteiger partial charge in [-0.2, -0.15) is 29.0 Å². The predicted molar refractivity (Wildman–Crippen MR) is 196 cm³/mol. The number of methoxy groups -OCH3 is 1. The first-order valence-corrected chi connectivity index (χ1v) is 17.2. The molecule has 0 saturated heterocycles. The summed E-state index contributed by atoms with van der Waals surface area (Å²) in [5.74, 6) is -0.718. The van der Waals surface area contributed by atoms with Crippen LogP contribution in [0.2, 0.25) is 0 Å². The van der Waals surface area contributed by atoms with Crippen LogP contribution in [0.1, 0.15) is 51.2 Å². The number of rotatable bonds is 14. The number of allylic oxidation sites excluding steroid dienone is 7. The van der Waals surface area contributed by atoms with E-state index in [4.69, 9.17) is 14.2 Å². The average molecular weight is 725 g/mol. The molecule has 0 amide bonds. The van der Waals surface area contributed by atoms with Crippen molar-refractivity contribution in [3.05, 3.63) is 129 Å². The van der Waals surface area contributed by atoms with Gasteiger partial charge in [-0.3, -0.25) is 0 Å². The van der Waals surface area contributed by atoms with E-state index in [-0.39, 0.29) is 24.4 Å². The Morgan fingerprint density at radius 2 is 1.70 bits per heavy atom. The van der Waals surface area contributed by atoms with Gasteiger partial charge in [-0.15, -0.1) is 0 Å². The molecular formula is C42H43F3N4O4. The van der Waals surface area contributed by atoms with Crippen molar-refractivity contribution < 1.29 is 32.5 Å². The van der Waals surface area contributed by atoms with Crippen molar-refractivity contribution in [1.29, 1.82) is 15.8 Å². The molecule has 0 aromatic heterocycles. The number of anilines is 1. The lowest BCUT2D eigenvalue weighted by atomic mass is 9.71. The van der Waals surface area contributed by atoms with Crippen molar-refractivity contribution in [1.82, 2.24) is 0 Å². The SMILES string of the molecule is CCN(CCOCOC)c1ccc(/C=C/C2=C(CCO)C(=C/C=C/C3=C(C#N)C(=C(C#N)C#N)OC3(c3ccccc3)C(F)(F)F)/CC(C)(C)C2)cc1. The fraction of sp³-hybridized carbons (Fsp3) is 0.357. The number of aliphatic hydroxyl groups is 1. The highest BCUT2D eigenvalue weighted by molar-refractivity contribution is 5.64. The Bertz CT molecular complexity index is 1920. The van der Waals surface area contributed by atoms with Crippen LogP contribution in [0.3, 0.4) is 0 Å². The number of benzene rings is 2. The number of nitrogens with zero attached hydrogens (tertiary/aromatic N) is 4. The van der Waals surface area contributed by atoms with E-state index < -0.39 is 34.3 Å². The van der Waals surface area contributed by atoms with E-state index >= 15 is 13.2 Å². The number of ether oxygens (including phenoxy) is 3. The number of nitriles is 3. The van der Waals surface area contributed by atoms with Gasteiger partial charge in [-0.1, -0.05) is 86.7 Å². The Balaban J connectivity index is 1.76. The van der Waals surface area contributed by atoms with Crippen molar-refractivity contribution in [2.75, 3.05) is 45.1 Å². The van der Waals surface area contributed by atoms with Gasteiger partial charge in [-0.25, -0.2) is 0 Å². The van der Waals surface area contributed by atoms with Crippen molar-refractivity contribution in [3.8, 4) is 18.2 Å². The van der Waals surface area contributed by atoms with E-state index in [1.807, 2.05) is 36.4 Å². The van der Waals surface area contributed by atoms with Gasteiger partial charge >= 0.3 is 6.18 Å². The summed E-state index contributed by atoms with van der Waals surface area (Å²) in [5.41, 5.74) is -0.748. The lowest BCUT2D eigenvalue weighted by Crippen LogP contribution is -2.43. The second kappa shape index (κ2) is 17.9. The standard InChI is InChI=1S/C42H43F3N4O4/c1-5-49(21-23-52-29-51-4)35-18-15-30(16-19-35)14-17-32-25-40(2,3)24-31(36(32)20-22-50)10-9-13-38-37(28-48)39(33(26-46)27-47)53-41(38,42(43,44)45)34-11-7-6-8-12-34/h6-19,50H,5,20-25,29H2,1-4H3/b13-9+,17-14+,31-10+. The second-order valence-corrected chi connectivity index (χ2v) is 13.3. The Kier molecular flexibility index (Phi) is 13.6. The number of alkyl halides is 3. The van der Waals surface area contributed by atoms with Gasteiger partial charge in [-0.05, 0) is 66.0 Å². The zero-order valence-corrected chi connectivity index (χ0v) is 30.3. The van der Waals surface area contributed by atoms with Crippen LogP contribution >= 0.6 is 0 Å². The molecule has 2 aromatic rings. The van der Waals surface area contributed by atoms with Gasteiger partial charge in [0.15, 0.2) is 11.3 Å². The average Bonchev–Trinajstić information content (AvgIpc) is 3.48. The van der Waals surface area contributed by atoms with Gasteiger partial charge in [0.1, 0.15) is 30.6 Å². The van der Waals surface area contributed by atoms with Crippen molar-refractivity contribution in [2.45, 2.75) is 51.8 Å². The zero-order valence-electron chi connectivity index (χ0n) is 30.3. The van der Waals surface area contributed by atoms with Crippen LogP contribution in [0, 0.1) is 39.4 Å². The third kappa shape index (κ3) is 9.17. The van der Waals surface area contributed by atoms with Gasteiger partial charge in [0.05, 0.1) is 6.61 Å². The van der Waals surface area contributed by atoms with Gasteiger partial charge in [0.25, 0.3) is 5.60 Å². The van der Waals surface area contributed by atoms with Crippen LogP contribution < -0.4 is 4.90 Å². The van der Waals surface area contributed by atoms with Gasteiger partial charge < -0.3 is 24.2 Å². The minimum absolute atomic E-state index is 0.133. The molecule has 53 heavy (non-hydrogen) atoms.